The second-order valence-electron chi connectivity index (χ2n) is 4.80. The zero-order valence-electron chi connectivity index (χ0n) is 10.7. The van der Waals surface area contributed by atoms with Crippen LogP contribution in [0.2, 0.25) is 0 Å². The highest BCUT2D eigenvalue weighted by atomic mass is 14.9. The van der Waals surface area contributed by atoms with E-state index in [-0.39, 0.29) is 0 Å². The molecule has 92 valence electrons. The summed E-state index contributed by atoms with van der Waals surface area (Å²) in [6, 6.07) is 15.4. The second kappa shape index (κ2) is 4.73. The molecule has 0 bridgehead atoms. The molecule has 0 spiro atoms. The molecule has 0 aromatic heterocycles. The van der Waals surface area contributed by atoms with E-state index in [2.05, 4.69) is 53.1 Å². The van der Waals surface area contributed by atoms with Crippen LogP contribution in [0.1, 0.15) is 16.7 Å². The molecule has 1 aliphatic rings. The molecule has 18 heavy (non-hydrogen) atoms. The van der Waals surface area contributed by atoms with Crippen molar-refractivity contribution < 1.29 is 0 Å². The van der Waals surface area contributed by atoms with E-state index >= 15 is 0 Å². The lowest BCUT2D eigenvalue weighted by Crippen LogP contribution is -1.93. The van der Waals surface area contributed by atoms with Crippen molar-refractivity contribution in [2.24, 2.45) is 0 Å². The first-order valence-electron chi connectivity index (χ1n) is 6.47. The molecular formula is C16H18N2. The van der Waals surface area contributed by atoms with E-state index in [0.29, 0.717) is 0 Å². The summed E-state index contributed by atoms with van der Waals surface area (Å²) in [7, 11) is 1.96. The minimum Gasteiger partial charge on any atom is -0.388 e. The number of rotatable bonds is 3. The first kappa shape index (κ1) is 11.1. The van der Waals surface area contributed by atoms with E-state index < -0.39 is 0 Å². The van der Waals surface area contributed by atoms with Gasteiger partial charge in [0.1, 0.15) is 0 Å². The molecule has 2 N–H and O–H groups in total. The highest BCUT2D eigenvalue weighted by Crippen LogP contribution is 2.24. The van der Waals surface area contributed by atoms with Crippen molar-refractivity contribution in [2.75, 3.05) is 24.2 Å². The maximum absolute atomic E-state index is 3.40. The smallest absolute Gasteiger partial charge is 0.0373 e. The molecule has 0 aliphatic carbocycles. The molecule has 3 rings (SSSR count). The van der Waals surface area contributed by atoms with Gasteiger partial charge in [0, 0.05) is 25.0 Å². The molecule has 0 atom stereocenters. The highest BCUT2D eigenvalue weighted by Gasteiger charge is 2.09. The molecule has 0 unspecified atom stereocenters. The number of nitrogens with one attached hydrogen (secondary N) is 2. The quantitative estimate of drug-likeness (QED) is 0.857. The van der Waals surface area contributed by atoms with E-state index in [9.17, 15) is 0 Å². The normalized spacial score (nSPS) is 12.9. The molecule has 0 radical (unpaired) electrons. The highest BCUT2D eigenvalue weighted by molar-refractivity contribution is 5.57. The Balaban J connectivity index is 1.83. The Hall–Kier alpha value is -1.96. The van der Waals surface area contributed by atoms with Crippen LogP contribution in [0.15, 0.2) is 42.5 Å². The van der Waals surface area contributed by atoms with Crippen LogP contribution >= 0.6 is 0 Å². The van der Waals surface area contributed by atoms with E-state index in [4.69, 9.17) is 0 Å². The standard InChI is InChI=1S/C16H18N2/c1-17-15-4-2-3-12(11-15)9-13-5-6-16-14(10-13)7-8-18-16/h2-6,10-11,17-18H,7-9H2,1H3. The predicted molar refractivity (Wildman–Crippen MR) is 77.4 cm³/mol. The molecule has 0 saturated heterocycles. The van der Waals surface area contributed by atoms with Gasteiger partial charge in [0.2, 0.25) is 0 Å². The number of anilines is 2. The van der Waals surface area contributed by atoms with Crippen molar-refractivity contribution in [3.8, 4) is 0 Å². The number of benzene rings is 2. The minimum absolute atomic E-state index is 1.00. The lowest BCUT2D eigenvalue weighted by atomic mass is 10.0. The van der Waals surface area contributed by atoms with Gasteiger partial charge >= 0.3 is 0 Å². The van der Waals surface area contributed by atoms with Gasteiger partial charge in [-0.1, -0.05) is 24.3 Å². The third-order valence-electron chi connectivity index (χ3n) is 3.50. The van der Waals surface area contributed by atoms with Gasteiger partial charge in [0.15, 0.2) is 0 Å². The SMILES string of the molecule is CNc1cccc(Cc2ccc3c(c2)CCN3)c1. The van der Waals surface area contributed by atoms with Crippen molar-refractivity contribution in [2.45, 2.75) is 12.8 Å². The predicted octanol–water partition coefficient (Wildman–Crippen LogP) is 3.29. The zero-order chi connectivity index (χ0) is 12.4. The molecule has 1 aliphatic heterocycles. The topological polar surface area (TPSA) is 24.1 Å². The molecule has 0 amide bonds. The Morgan fingerprint density at radius 1 is 1.11 bits per heavy atom. The second-order valence-corrected chi connectivity index (χ2v) is 4.80. The Morgan fingerprint density at radius 3 is 2.89 bits per heavy atom. The monoisotopic (exact) mass is 238 g/mol. The summed E-state index contributed by atoms with van der Waals surface area (Å²) < 4.78 is 0. The van der Waals surface area contributed by atoms with Gasteiger partial charge in [-0.25, -0.2) is 0 Å². The third-order valence-corrected chi connectivity index (χ3v) is 3.50. The van der Waals surface area contributed by atoms with Gasteiger partial charge in [0.05, 0.1) is 0 Å². The molecule has 0 saturated carbocycles. The lowest BCUT2D eigenvalue weighted by molar-refractivity contribution is 1.10. The molecule has 2 aromatic carbocycles. The van der Waals surface area contributed by atoms with E-state index in [1.807, 2.05) is 7.05 Å². The first-order chi connectivity index (χ1) is 8.85. The maximum atomic E-state index is 3.40. The Bertz CT molecular complexity index is 561. The molecule has 0 fully saturated rings. The molecule has 1 heterocycles. The van der Waals surface area contributed by atoms with Crippen LogP contribution < -0.4 is 10.6 Å². The molecule has 2 aromatic rings. The van der Waals surface area contributed by atoms with Gasteiger partial charge in [-0.2, -0.15) is 0 Å². The van der Waals surface area contributed by atoms with Gasteiger partial charge in [-0.3, -0.25) is 0 Å². The summed E-state index contributed by atoms with van der Waals surface area (Å²) in [5.41, 5.74) is 6.69. The van der Waals surface area contributed by atoms with Crippen LogP contribution in [0.5, 0.6) is 0 Å². The third kappa shape index (κ3) is 2.19. The maximum Gasteiger partial charge on any atom is 0.0373 e. The fourth-order valence-electron chi connectivity index (χ4n) is 2.54. The van der Waals surface area contributed by atoms with Gasteiger partial charge in [-0.05, 0) is 47.7 Å². The Labute approximate surface area is 108 Å². The van der Waals surface area contributed by atoms with Crippen LogP contribution in [0.4, 0.5) is 11.4 Å². The van der Waals surface area contributed by atoms with Crippen LogP contribution in [0, 0.1) is 0 Å². The van der Waals surface area contributed by atoms with Gasteiger partial charge in [0.25, 0.3) is 0 Å². The summed E-state index contributed by atoms with van der Waals surface area (Å²) in [6.45, 7) is 1.08. The van der Waals surface area contributed by atoms with E-state index in [1.54, 1.807) is 0 Å². The zero-order valence-corrected chi connectivity index (χ0v) is 10.7. The van der Waals surface area contributed by atoms with Crippen molar-refractivity contribution in [3.05, 3.63) is 59.2 Å². The summed E-state index contributed by atoms with van der Waals surface area (Å²) in [4.78, 5) is 0. The van der Waals surface area contributed by atoms with Crippen molar-refractivity contribution in [3.63, 3.8) is 0 Å². The molecule has 2 heteroatoms. The van der Waals surface area contributed by atoms with Gasteiger partial charge in [-0.15, -0.1) is 0 Å². The summed E-state index contributed by atoms with van der Waals surface area (Å²) in [5.74, 6) is 0. The fraction of sp³-hybridized carbons (Fsp3) is 0.250. The van der Waals surface area contributed by atoms with Crippen LogP contribution in [-0.4, -0.2) is 13.6 Å². The summed E-state index contributed by atoms with van der Waals surface area (Å²) in [6.07, 6.45) is 2.16. The average Bonchev–Trinajstić information content (AvgIpc) is 2.86. The van der Waals surface area contributed by atoms with Crippen LogP contribution in [0.25, 0.3) is 0 Å². The average molecular weight is 238 g/mol. The first-order valence-corrected chi connectivity index (χ1v) is 6.47. The van der Waals surface area contributed by atoms with Crippen molar-refractivity contribution >= 4 is 11.4 Å². The largest absolute Gasteiger partial charge is 0.388 e. The van der Waals surface area contributed by atoms with E-state index in [0.717, 1.165) is 19.4 Å². The number of hydrogen-bond acceptors (Lipinski definition) is 2. The van der Waals surface area contributed by atoms with Crippen LogP contribution in [-0.2, 0) is 12.8 Å². The molecule has 2 nitrogen and oxygen atoms in total. The fourth-order valence-corrected chi connectivity index (χ4v) is 2.54. The number of hydrogen-bond donors (Lipinski definition) is 2. The van der Waals surface area contributed by atoms with Crippen molar-refractivity contribution in [1.29, 1.82) is 0 Å². The van der Waals surface area contributed by atoms with Crippen LogP contribution in [0.3, 0.4) is 0 Å². The molecular weight excluding hydrogens is 220 g/mol. The van der Waals surface area contributed by atoms with Crippen molar-refractivity contribution in [1.82, 2.24) is 0 Å². The number of fused-ring (bicyclic) bond motifs is 1. The summed E-state index contributed by atoms with van der Waals surface area (Å²) in [5, 5.41) is 6.58. The minimum atomic E-state index is 1.00. The Morgan fingerprint density at radius 2 is 2.00 bits per heavy atom. The Kier molecular flexibility index (Phi) is 2.93. The lowest BCUT2D eigenvalue weighted by Gasteiger charge is -2.07. The summed E-state index contributed by atoms with van der Waals surface area (Å²) >= 11 is 0. The van der Waals surface area contributed by atoms with E-state index in [1.165, 1.54) is 28.1 Å². The van der Waals surface area contributed by atoms with Gasteiger partial charge < -0.3 is 10.6 Å².